The van der Waals surface area contributed by atoms with Crippen LogP contribution in [0.4, 0.5) is 0 Å². The third kappa shape index (κ3) is 4.62. The second kappa shape index (κ2) is 8.18. The van der Waals surface area contributed by atoms with Gasteiger partial charge in [0.1, 0.15) is 4.88 Å². The van der Waals surface area contributed by atoms with E-state index in [-0.39, 0.29) is 0 Å². The zero-order valence-corrected chi connectivity index (χ0v) is 17.2. The molecule has 3 rings (SSSR count). The van der Waals surface area contributed by atoms with Crippen molar-refractivity contribution in [2.75, 3.05) is 11.5 Å². The van der Waals surface area contributed by atoms with E-state index in [0.717, 1.165) is 15.6 Å². The summed E-state index contributed by atoms with van der Waals surface area (Å²) >= 11 is 14.9. The smallest absolute Gasteiger partial charge is 0.276 e. The number of thiazole rings is 1. The van der Waals surface area contributed by atoms with Crippen molar-refractivity contribution in [2.24, 2.45) is 0 Å². The molecule has 2 heterocycles. The van der Waals surface area contributed by atoms with Crippen molar-refractivity contribution in [1.82, 2.24) is 15.2 Å². The molecule has 0 radical (unpaired) electrons. The van der Waals surface area contributed by atoms with Crippen molar-refractivity contribution in [2.45, 2.75) is 24.0 Å². The number of halogens is 2. The van der Waals surface area contributed by atoms with Crippen LogP contribution in [0.15, 0.2) is 32.7 Å². The summed E-state index contributed by atoms with van der Waals surface area (Å²) in [5.74, 6) is 1.42. The van der Waals surface area contributed by atoms with Crippen molar-refractivity contribution in [3.63, 3.8) is 0 Å². The number of benzene rings is 1. The van der Waals surface area contributed by atoms with E-state index in [1.807, 2.05) is 13.8 Å². The van der Waals surface area contributed by atoms with Crippen LogP contribution in [0.5, 0.6) is 0 Å². The van der Waals surface area contributed by atoms with Crippen LogP contribution >= 0.6 is 46.3 Å². The van der Waals surface area contributed by atoms with Gasteiger partial charge in [0.25, 0.3) is 11.1 Å². The zero-order valence-electron chi connectivity index (χ0n) is 13.3. The molecule has 2 aromatic heterocycles. The molecule has 5 nitrogen and oxygen atoms in total. The fourth-order valence-electron chi connectivity index (χ4n) is 2.06. The lowest BCUT2D eigenvalue weighted by Crippen LogP contribution is -2.01. The molecule has 0 aliphatic rings. The van der Waals surface area contributed by atoms with E-state index in [4.69, 9.17) is 27.6 Å². The highest BCUT2D eigenvalue weighted by molar-refractivity contribution is 8.00. The molecule has 0 unspecified atom stereocenters. The van der Waals surface area contributed by atoms with Crippen LogP contribution < -0.4 is 0 Å². The molecule has 25 heavy (non-hydrogen) atoms. The number of nitrogens with zero attached hydrogens (tertiary/aromatic N) is 3. The number of thioether (sulfide) groups is 1. The molecule has 0 fully saturated rings. The zero-order chi connectivity index (χ0) is 18.0. The number of aromatic nitrogens is 3. The minimum Gasteiger partial charge on any atom is -0.410 e. The van der Waals surface area contributed by atoms with Gasteiger partial charge in [-0.15, -0.1) is 21.5 Å². The van der Waals surface area contributed by atoms with Crippen LogP contribution in [-0.2, 0) is 10.8 Å². The maximum Gasteiger partial charge on any atom is 0.276 e. The lowest BCUT2D eigenvalue weighted by atomic mass is 10.4. The molecule has 0 saturated heterocycles. The quantitative estimate of drug-likeness (QED) is 0.508. The Hall–Kier alpha value is -0.930. The molecule has 0 bridgehead atoms. The second-order valence-electron chi connectivity index (χ2n) is 4.99. The maximum absolute atomic E-state index is 12.4. The highest BCUT2D eigenvalue weighted by atomic mass is 35.5. The third-order valence-electron chi connectivity index (χ3n) is 3.14. The van der Waals surface area contributed by atoms with Crippen molar-refractivity contribution in [1.29, 1.82) is 0 Å². The highest BCUT2D eigenvalue weighted by Gasteiger charge is 2.16. The molecule has 0 saturated carbocycles. The summed E-state index contributed by atoms with van der Waals surface area (Å²) in [6.45, 7) is 3.84. The van der Waals surface area contributed by atoms with Crippen molar-refractivity contribution >= 4 is 57.1 Å². The molecule has 0 spiro atoms. The molecule has 0 aliphatic carbocycles. The van der Waals surface area contributed by atoms with Crippen LogP contribution in [0.25, 0.3) is 10.8 Å². The largest absolute Gasteiger partial charge is 0.410 e. The van der Waals surface area contributed by atoms with Crippen molar-refractivity contribution < 1.29 is 8.63 Å². The molecule has 1 atom stereocenters. The Morgan fingerprint density at radius 2 is 2.08 bits per heavy atom. The van der Waals surface area contributed by atoms with E-state index >= 15 is 0 Å². The summed E-state index contributed by atoms with van der Waals surface area (Å²) in [5, 5.41) is 10.4. The molecule has 3 aromatic rings. The minimum absolute atomic E-state index is 0.404. The van der Waals surface area contributed by atoms with E-state index in [9.17, 15) is 4.21 Å². The first-order valence-electron chi connectivity index (χ1n) is 7.18. The first-order chi connectivity index (χ1) is 11.9. The third-order valence-corrected chi connectivity index (χ3v) is 7.36. The fraction of sp³-hybridized carbons (Fsp3) is 0.267. The Bertz CT molecular complexity index is 927. The predicted molar refractivity (Wildman–Crippen MR) is 103 cm³/mol. The first-order valence-corrected chi connectivity index (χ1v) is 11.1. The molecule has 10 heteroatoms. The average molecular weight is 434 g/mol. The minimum atomic E-state index is -1.24. The summed E-state index contributed by atoms with van der Waals surface area (Å²) in [6, 6.07) is 4.95. The van der Waals surface area contributed by atoms with E-state index in [1.165, 1.54) is 23.1 Å². The van der Waals surface area contributed by atoms with Gasteiger partial charge in [0, 0.05) is 16.5 Å². The Kier molecular flexibility index (Phi) is 6.17. The van der Waals surface area contributed by atoms with Crippen LogP contribution in [0, 0.1) is 13.8 Å². The standard InChI is InChI=1S/C15H13Cl2N3O2S3/c1-8-13(24-9(2)18-8)14-19-20-15(22-14)23-5-6-25(21)12-7-10(16)3-4-11(12)17/h3-4,7H,5-6H2,1-2H3/t25-/m0/s1. The van der Waals surface area contributed by atoms with Gasteiger partial charge in [-0.2, -0.15) is 0 Å². The lowest BCUT2D eigenvalue weighted by molar-refractivity contribution is 0.466. The average Bonchev–Trinajstić information content (AvgIpc) is 3.15. The van der Waals surface area contributed by atoms with E-state index < -0.39 is 10.8 Å². The van der Waals surface area contributed by atoms with Gasteiger partial charge in [-0.25, -0.2) is 4.98 Å². The molecule has 0 aliphatic heterocycles. The van der Waals surface area contributed by atoms with Gasteiger partial charge in [-0.1, -0.05) is 35.0 Å². The van der Waals surface area contributed by atoms with Gasteiger partial charge in [0.05, 0.1) is 31.4 Å². The number of hydrogen-bond donors (Lipinski definition) is 0. The van der Waals surface area contributed by atoms with Crippen LogP contribution in [0.2, 0.25) is 10.0 Å². The maximum atomic E-state index is 12.4. The molecular weight excluding hydrogens is 421 g/mol. The van der Waals surface area contributed by atoms with Crippen LogP contribution in [-0.4, -0.2) is 30.9 Å². The molecule has 0 amide bonds. The van der Waals surface area contributed by atoms with Gasteiger partial charge in [0.2, 0.25) is 0 Å². The van der Waals surface area contributed by atoms with E-state index in [1.54, 1.807) is 18.2 Å². The Morgan fingerprint density at radius 1 is 1.28 bits per heavy atom. The van der Waals surface area contributed by atoms with Gasteiger partial charge < -0.3 is 4.42 Å². The topological polar surface area (TPSA) is 68.9 Å². The normalized spacial score (nSPS) is 12.5. The Morgan fingerprint density at radius 3 is 2.80 bits per heavy atom. The van der Waals surface area contributed by atoms with E-state index in [0.29, 0.717) is 37.6 Å². The summed E-state index contributed by atoms with van der Waals surface area (Å²) in [4.78, 5) is 5.77. The van der Waals surface area contributed by atoms with Crippen molar-refractivity contribution in [3.05, 3.63) is 38.9 Å². The van der Waals surface area contributed by atoms with Gasteiger partial charge >= 0.3 is 0 Å². The lowest BCUT2D eigenvalue weighted by Gasteiger charge is -2.04. The molecule has 132 valence electrons. The van der Waals surface area contributed by atoms with E-state index in [2.05, 4.69) is 15.2 Å². The van der Waals surface area contributed by atoms with Crippen molar-refractivity contribution in [3.8, 4) is 10.8 Å². The monoisotopic (exact) mass is 433 g/mol. The first kappa shape index (κ1) is 18.8. The SMILES string of the molecule is Cc1nc(C)c(-c2nnc(SCC[S@](=O)c3cc(Cl)ccc3Cl)o2)s1. The molecular formula is C15H13Cl2N3O2S3. The van der Waals surface area contributed by atoms with Gasteiger partial charge in [-0.3, -0.25) is 4.21 Å². The second-order valence-corrected chi connectivity index (χ2v) is 9.63. The van der Waals surface area contributed by atoms with Gasteiger partial charge in [-0.05, 0) is 32.0 Å². The number of hydrogen-bond acceptors (Lipinski definition) is 7. The summed E-state index contributed by atoms with van der Waals surface area (Å²) in [5.41, 5.74) is 0.874. The summed E-state index contributed by atoms with van der Waals surface area (Å²) < 4.78 is 18.0. The number of aryl methyl sites for hydroxylation is 2. The summed E-state index contributed by atoms with van der Waals surface area (Å²) in [7, 11) is -1.24. The highest BCUT2D eigenvalue weighted by Crippen LogP contribution is 2.31. The predicted octanol–water partition coefficient (Wildman–Crippen LogP) is 5.02. The Balaban J connectivity index is 1.60. The molecule has 0 N–H and O–H groups in total. The molecule has 1 aromatic carbocycles. The van der Waals surface area contributed by atoms with Crippen LogP contribution in [0.3, 0.4) is 0 Å². The fourth-order valence-corrected chi connectivity index (χ4v) is 5.62. The van der Waals surface area contributed by atoms with Crippen LogP contribution in [0.1, 0.15) is 10.7 Å². The Labute approximate surface area is 165 Å². The number of rotatable bonds is 6. The van der Waals surface area contributed by atoms with Gasteiger partial charge in [0.15, 0.2) is 0 Å². The summed E-state index contributed by atoms with van der Waals surface area (Å²) in [6.07, 6.45) is 0.